The first-order chi connectivity index (χ1) is 14.2. The molecule has 0 fully saturated rings. The Morgan fingerprint density at radius 1 is 0.828 bits per heavy atom. The number of alkyl halides is 1. The van der Waals surface area contributed by atoms with Crippen LogP contribution in [-0.2, 0) is 22.6 Å². The second kappa shape index (κ2) is 10.8. The maximum atomic E-state index is 13.0. The average molecular weight is 408 g/mol. The second-order valence-electron chi connectivity index (χ2n) is 6.89. The molecule has 0 spiro atoms. The Bertz CT molecular complexity index is 830. The molecule has 3 rings (SSSR count). The second-order valence-corrected chi connectivity index (χ2v) is 7.36. The third kappa shape index (κ3) is 5.93. The van der Waals surface area contributed by atoms with Crippen LogP contribution in [0.25, 0.3) is 0 Å². The molecule has 0 bridgehead atoms. The number of benzene rings is 3. The fourth-order valence-electron chi connectivity index (χ4n) is 3.39. The van der Waals surface area contributed by atoms with E-state index in [1.807, 2.05) is 73.7 Å². The molecule has 3 nitrogen and oxygen atoms in total. The third-order valence-corrected chi connectivity index (χ3v) is 5.26. The molecular weight excluding hydrogens is 382 g/mol. The van der Waals surface area contributed by atoms with E-state index < -0.39 is 11.4 Å². The van der Waals surface area contributed by atoms with Crippen molar-refractivity contribution >= 4 is 17.6 Å². The molecule has 0 N–H and O–H groups in total. The minimum atomic E-state index is -0.612. The molecule has 0 radical (unpaired) electrons. The van der Waals surface area contributed by atoms with Crippen molar-refractivity contribution < 1.29 is 9.53 Å². The zero-order valence-corrected chi connectivity index (χ0v) is 17.3. The van der Waals surface area contributed by atoms with Gasteiger partial charge >= 0.3 is 5.97 Å². The van der Waals surface area contributed by atoms with Crippen molar-refractivity contribution in [3.05, 3.63) is 108 Å². The van der Waals surface area contributed by atoms with Crippen LogP contribution in [0.3, 0.4) is 0 Å². The Hall–Kier alpha value is -2.62. The minimum Gasteiger partial charge on any atom is -0.465 e. The van der Waals surface area contributed by atoms with Gasteiger partial charge in [0, 0.05) is 13.1 Å². The summed E-state index contributed by atoms with van der Waals surface area (Å²) < 4.78 is 5.44. The van der Waals surface area contributed by atoms with Crippen molar-refractivity contribution in [1.29, 1.82) is 0 Å². The standard InChI is InChI=1S/C25H26ClNO2/c1-2-29-25(28)24(23(26)22-16-10-5-11-17-22)27(18-20-12-6-3-7-13-20)19-21-14-8-4-9-15-21/h3-17,23-24H,2,18-19H2,1H3/t23-,24-/m0/s1. The van der Waals surface area contributed by atoms with Crippen molar-refractivity contribution in [3.63, 3.8) is 0 Å². The first kappa shape index (κ1) is 21.1. The number of hydrogen-bond acceptors (Lipinski definition) is 3. The number of rotatable bonds is 9. The minimum absolute atomic E-state index is 0.303. The van der Waals surface area contributed by atoms with E-state index in [1.165, 1.54) is 0 Å². The molecule has 0 heterocycles. The Labute approximate surface area is 177 Å². The summed E-state index contributed by atoms with van der Waals surface area (Å²) in [5.41, 5.74) is 3.14. The Morgan fingerprint density at radius 2 is 1.28 bits per heavy atom. The maximum Gasteiger partial charge on any atom is 0.325 e. The zero-order valence-electron chi connectivity index (χ0n) is 16.6. The van der Waals surface area contributed by atoms with E-state index in [1.54, 1.807) is 0 Å². The van der Waals surface area contributed by atoms with Crippen LogP contribution in [0.1, 0.15) is 29.0 Å². The molecule has 0 aromatic heterocycles. The van der Waals surface area contributed by atoms with Crippen LogP contribution in [0.5, 0.6) is 0 Å². The molecule has 0 saturated carbocycles. The normalized spacial score (nSPS) is 13.1. The first-order valence-electron chi connectivity index (χ1n) is 9.86. The monoisotopic (exact) mass is 407 g/mol. The molecule has 0 amide bonds. The van der Waals surface area contributed by atoms with E-state index in [0.717, 1.165) is 16.7 Å². The lowest BCUT2D eigenvalue weighted by Crippen LogP contribution is -2.44. The van der Waals surface area contributed by atoms with Gasteiger partial charge in [0.05, 0.1) is 12.0 Å². The quantitative estimate of drug-likeness (QED) is 0.341. The van der Waals surface area contributed by atoms with E-state index in [2.05, 4.69) is 29.2 Å². The largest absolute Gasteiger partial charge is 0.465 e. The highest BCUT2D eigenvalue weighted by molar-refractivity contribution is 6.22. The molecular formula is C25H26ClNO2. The fourth-order valence-corrected chi connectivity index (χ4v) is 3.80. The number of esters is 1. The number of ether oxygens (including phenoxy) is 1. The summed E-state index contributed by atoms with van der Waals surface area (Å²) in [6.45, 7) is 3.32. The molecule has 29 heavy (non-hydrogen) atoms. The third-order valence-electron chi connectivity index (χ3n) is 4.77. The molecule has 3 aromatic carbocycles. The van der Waals surface area contributed by atoms with Crippen LogP contribution >= 0.6 is 11.6 Å². The van der Waals surface area contributed by atoms with Gasteiger partial charge in [-0.3, -0.25) is 9.69 Å². The number of carbonyl (C=O) groups is 1. The van der Waals surface area contributed by atoms with Gasteiger partial charge in [-0.15, -0.1) is 11.6 Å². The number of hydrogen-bond donors (Lipinski definition) is 0. The van der Waals surface area contributed by atoms with E-state index in [9.17, 15) is 4.79 Å². The highest BCUT2D eigenvalue weighted by Crippen LogP contribution is 2.31. The van der Waals surface area contributed by atoms with Gasteiger partial charge in [0.2, 0.25) is 0 Å². The number of nitrogens with zero attached hydrogens (tertiary/aromatic N) is 1. The van der Waals surface area contributed by atoms with Crippen LogP contribution in [-0.4, -0.2) is 23.5 Å². The first-order valence-corrected chi connectivity index (χ1v) is 10.3. The number of carbonyl (C=O) groups excluding carboxylic acids is 1. The molecule has 0 aliphatic carbocycles. The molecule has 0 unspecified atom stereocenters. The average Bonchev–Trinajstić information content (AvgIpc) is 2.76. The van der Waals surface area contributed by atoms with Crippen LogP contribution < -0.4 is 0 Å². The summed E-state index contributed by atoms with van der Waals surface area (Å²) in [4.78, 5) is 15.1. The molecule has 0 saturated heterocycles. The Balaban J connectivity index is 1.96. The predicted octanol–water partition coefficient (Wildman–Crippen LogP) is 5.60. The van der Waals surface area contributed by atoms with Crippen molar-refractivity contribution in [1.82, 2.24) is 4.90 Å². The Kier molecular flexibility index (Phi) is 7.85. The van der Waals surface area contributed by atoms with Crippen molar-refractivity contribution in [2.24, 2.45) is 0 Å². The van der Waals surface area contributed by atoms with Gasteiger partial charge < -0.3 is 4.74 Å². The van der Waals surface area contributed by atoms with Gasteiger partial charge in [0.1, 0.15) is 6.04 Å². The number of halogens is 1. The lowest BCUT2D eigenvalue weighted by Gasteiger charge is -2.33. The summed E-state index contributed by atoms with van der Waals surface area (Å²) in [7, 11) is 0. The van der Waals surface area contributed by atoms with Crippen molar-refractivity contribution in [3.8, 4) is 0 Å². The lowest BCUT2D eigenvalue weighted by atomic mass is 10.0. The van der Waals surface area contributed by atoms with Gasteiger partial charge in [0.25, 0.3) is 0 Å². The van der Waals surface area contributed by atoms with Crippen LogP contribution in [0.4, 0.5) is 0 Å². The van der Waals surface area contributed by atoms with E-state index >= 15 is 0 Å². The predicted molar refractivity (Wildman–Crippen MR) is 118 cm³/mol. The summed E-state index contributed by atoms with van der Waals surface area (Å²) in [5.74, 6) is -0.303. The van der Waals surface area contributed by atoms with E-state index in [0.29, 0.717) is 19.7 Å². The fraction of sp³-hybridized carbons (Fsp3) is 0.240. The SMILES string of the molecule is CCOC(=O)[C@H]([C@@H](Cl)c1ccccc1)N(Cc1ccccc1)Cc1ccccc1. The van der Waals surface area contributed by atoms with Gasteiger partial charge in [-0.2, -0.15) is 0 Å². The summed E-state index contributed by atoms with van der Waals surface area (Å²) in [5, 5.41) is -0.525. The molecule has 3 aromatic rings. The van der Waals surface area contributed by atoms with Gasteiger partial charge in [-0.05, 0) is 23.6 Å². The van der Waals surface area contributed by atoms with Gasteiger partial charge in [-0.1, -0.05) is 91.0 Å². The Morgan fingerprint density at radius 3 is 1.72 bits per heavy atom. The smallest absolute Gasteiger partial charge is 0.325 e. The van der Waals surface area contributed by atoms with E-state index in [-0.39, 0.29) is 5.97 Å². The zero-order chi connectivity index (χ0) is 20.5. The highest BCUT2D eigenvalue weighted by Gasteiger charge is 2.35. The summed E-state index contributed by atoms with van der Waals surface area (Å²) in [6, 6.07) is 29.3. The van der Waals surface area contributed by atoms with Crippen LogP contribution in [0.15, 0.2) is 91.0 Å². The highest BCUT2D eigenvalue weighted by atomic mass is 35.5. The topological polar surface area (TPSA) is 29.5 Å². The molecule has 2 atom stereocenters. The molecule has 0 aliphatic rings. The van der Waals surface area contributed by atoms with Gasteiger partial charge in [0.15, 0.2) is 0 Å². The van der Waals surface area contributed by atoms with Crippen molar-refractivity contribution in [2.45, 2.75) is 31.4 Å². The lowest BCUT2D eigenvalue weighted by molar-refractivity contribution is -0.150. The summed E-state index contributed by atoms with van der Waals surface area (Å²) in [6.07, 6.45) is 0. The van der Waals surface area contributed by atoms with E-state index in [4.69, 9.17) is 16.3 Å². The van der Waals surface area contributed by atoms with Gasteiger partial charge in [-0.25, -0.2) is 0 Å². The molecule has 150 valence electrons. The van der Waals surface area contributed by atoms with Crippen LogP contribution in [0, 0.1) is 0 Å². The van der Waals surface area contributed by atoms with Crippen molar-refractivity contribution in [2.75, 3.05) is 6.61 Å². The maximum absolute atomic E-state index is 13.0. The molecule has 0 aliphatic heterocycles. The molecule has 4 heteroatoms. The van der Waals surface area contributed by atoms with Crippen LogP contribution in [0.2, 0.25) is 0 Å². The summed E-state index contributed by atoms with van der Waals surface area (Å²) >= 11 is 6.89.